The average Bonchev–Trinajstić information content (AvgIpc) is 2.45. The summed E-state index contributed by atoms with van der Waals surface area (Å²) in [5.41, 5.74) is 3.08. The second-order valence-electron chi connectivity index (χ2n) is 6.07. The first-order chi connectivity index (χ1) is 9.57. The number of ketones is 1. The molecule has 2 nitrogen and oxygen atoms in total. The fraction of sp³-hybridized carbons (Fsp3) is 0.278. The molecule has 1 atom stereocenters. The second-order valence-corrected chi connectivity index (χ2v) is 6.07. The monoisotopic (exact) mass is 265 g/mol. The first-order valence-electron chi connectivity index (χ1n) is 7.02. The summed E-state index contributed by atoms with van der Waals surface area (Å²) < 4.78 is 0. The number of nitrogens with one attached hydrogen (secondary N) is 1. The van der Waals surface area contributed by atoms with Crippen LogP contribution in [0.5, 0.6) is 0 Å². The third kappa shape index (κ3) is 2.39. The van der Waals surface area contributed by atoms with E-state index in [1.54, 1.807) is 0 Å². The van der Waals surface area contributed by atoms with Crippen LogP contribution in [0.1, 0.15) is 41.4 Å². The average molecular weight is 265 g/mol. The molecule has 0 aromatic heterocycles. The molecule has 0 spiro atoms. The van der Waals surface area contributed by atoms with E-state index in [2.05, 4.69) is 31.3 Å². The maximum absolute atomic E-state index is 12.8. The molecule has 0 aliphatic carbocycles. The van der Waals surface area contributed by atoms with Gasteiger partial charge in [-0.05, 0) is 31.4 Å². The third-order valence-electron chi connectivity index (χ3n) is 3.85. The van der Waals surface area contributed by atoms with Crippen LogP contribution in [0.2, 0.25) is 0 Å². The largest absolute Gasteiger partial charge is 0.298 e. The second kappa shape index (κ2) is 4.88. The minimum absolute atomic E-state index is 0.0660. The SMILES string of the molecule is CC1(C)Cc2ccccc2C(C(=O)c2ccccc2)N1. The van der Waals surface area contributed by atoms with Crippen LogP contribution < -0.4 is 5.32 Å². The van der Waals surface area contributed by atoms with Gasteiger partial charge in [0.1, 0.15) is 0 Å². The van der Waals surface area contributed by atoms with Crippen LogP contribution in [-0.2, 0) is 6.42 Å². The van der Waals surface area contributed by atoms with E-state index in [1.807, 2.05) is 42.5 Å². The Kier molecular flexibility index (Phi) is 3.19. The van der Waals surface area contributed by atoms with Crippen molar-refractivity contribution < 1.29 is 4.79 Å². The number of Topliss-reactive ketones (excluding diaryl/α,β-unsaturated/α-hetero) is 1. The van der Waals surface area contributed by atoms with Crippen molar-refractivity contribution in [1.29, 1.82) is 0 Å². The molecule has 1 heterocycles. The zero-order valence-corrected chi connectivity index (χ0v) is 11.9. The summed E-state index contributed by atoms with van der Waals surface area (Å²) in [5, 5.41) is 3.50. The highest BCUT2D eigenvalue weighted by atomic mass is 16.1. The number of fused-ring (bicyclic) bond motifs is 1. The first-order valence-corrected chi connectivity index (χ1v) is 7.02. The smallest absolute Gasteiger partial charge is 0.184 e. The van der Waals surface area contributed by atoms with E-state index in [0.29, 0.717) is 0 Å². The predicted molar refractivity (Wildman–Crippen MR) is 80.9 cm³/mol. The summed E-state index contributed by atoms with van der Waals surface area (Å²) >= 11 is 0. The molecule has 2 heteroatoms. The minimum atomic E-state index is -0.252. The van der Waals surface area contributed by atoms with E-state index in [-0.39, 0.29) is 17.4 Å². The summed E-state index contributed by atoms with van der Waals surface area (Å²) in [5.74, 6) is 0.144. The van der Waals surface area contributed by atoms with E-state index >= 15 is 0 Å². The molecule has 0 radical (unpaired) electrons. The van der Waals surface area contributed by atoms with Crippen molar-refractivity contribution in [2.24, 2.45) is 0 Å². The van der Waals surface area contributed by atoms with Gasteiger partial charge in [0.15, 0.2) is 5.78 Å². The molecular weight excluding hydrogens is 246 g/mol. The summed E-state index contributed by atoms with van der Waals surface area (Å²) in [7, 11) is 0. The van der Waals surface area contributed by atoms with Gasteiger partial charge in [-0.25, -0.2) is 0 Å². The van der Waals surface area contributed by atoms with Gasteiger partial charge in [-0.15, -0.1) is 0 Å². The van der Waals surface area contributed by atoms with Crippen LogP contribution in [0, 0.1) is 0 Å². The van der Waals surface area contributed by atoms with Gasteiger partial charge in [0.2, 0.25) is 0 Å². The predicted octanol–water partition coefficient (Wildman–Crippen LogP) is 3.53. The Bertz CT molecular complexity index is 631. The Hall–Kier alpha value is -1.93. The number of benzene rings is 2. The summed E-state index contributed by atoms with van der Waals surface area (Å²) in [6.07, 6.45) is 0.946. The Balaban J connectivity index is 2.03. The molecule has 0 saturated heterocycles. The molecular formula is C18H19NO. The highest BCUT2D eigenvalue weighted by Gasteiger charge is 2.35. The molecule has 1 N–H and O–H groups in total. The van der Waals surface area contributed by atoms with Gasteiger partial charge in [0.25, 0.3) is 0 Å². The highest BCUT2D eigenvalue weighted by Crippen LogP contribution is 2.32. The van der Waals surface area contributed by atoms with Gasteiger partial charge in [0, 0.05) is 11.1 Å². The molecule has 0 fully saturated rings. The molecule has 1 unspecified atom stereocenters. The molecule has 0 saturated carbocycles. The van der Waals surface area contributed by atoms with Crippen LogP contribution >= 0.6 is 0 Å². The lowest BCUT2D eigenvalue weighted by molar-refractivity contribution is 0.0914. The third-order valence-corrected chi connectivity index (χ3v) is 3.85. The van der Waals surface area contributed by atoms with Crippen LogP contribution in [0.15, 0.2) is 54.6 Å². The molecule has 2 aromatic rings. The topological polar surface area (TPSA) is 29.1 Å². The standard InChI is InChI=1S/C18H19NO/c1-18(2)12-14-10-6-7-11-15(14)16(19-18)17(20)13-8-4-3-5-9-13/h3-11,16,19H,12H2,1-2H3. The van der Waals surface area contributed by atoms with Crippen LogP contribution in [-0.4, -0.2) is 11.3 Å². The summed E-state index contributed by atoms with van der Waals surface area (Å²) in [4.78, 5) is 12.8. The Morgan fingerprint density at radius 1 is 1.05 bits per heavy atom. The molecule has 20 heavy (non-hydrogen) atoms. The number of rotatable bonds is 2. The first kappa shape index (κ1) is 13.1. The maximum Gasteiger partial charge on any atom is 0.184 e. The van der Waals surface area contributed by atoms with Gasteiger partial charge in [-0.2, -0.15) is 0 Å². The zero-order valence-electron chi connectivity index (χ0n) is 11.9. The Labute approximate surface area is 119 Å². The van der Waals surface area contributed by atoms with Crippen LogP contribution in [0.25, 0.3) is 0 Å². The van der Waals surface area contributed by atoms with Crippen LogP contribution in [0.4, 0.5) is 0 Å². The zero-order chi connectivity index (χ0) is 14.2. The summed E-state index contributed by atoms with van der Waals surface area (Å²) in [6.45, 7) is 4.29. The van der Waals surface area contributed by atoms with Gasteiger partial charge < -0.3 is 0 Å². The normalized spacial score (nSPS) is 20.2. The number of hydrogen-bond acceptors (Lipinski definition) is 2. The van der Waals surface area contributed by atoms with Gasteiger partial charge in [-0.3, -0.25) is 10.1 Å². The van der Waals surface area contributed by atoms with Gasteiger partial charge in [0.05, 0.1) is 6.04 Å². The van der Waals surface area contributed by atoms with Gasteiger partial charge >= 0.3 is 0 Å². The Morgan fingerprint density at radius 2 is 1.70 bits per heavy atom. The lowest BCUT2D eigenvalue weighted by atomic mass is 9.81. The van der Waals surface area contributed by atoms with E-state index in [1.165, 1.54) is 5.56 Å². The Morgan fingerprint density at radius 3 is 2.45 bits per heavy atom. The molecule has 3 rings (SSSR count). The van der Waals surface area contributed by atoms with Crippen molar-refractivity contribution in [3.05, 3.63) is 71.3 Å². The fourth-order valence-corrected chi connectivity index (χ4v) is 2.95. The van der Waals surface area contributed by atoms with Gasteiger partial charge in [-0.1, -0.05) is 54.6 Å². The summed E-state index contributed by atoms with van der Waals surface area (Å²) in [6, 6.07) is 17.5. The lowest BCUT2D eigenvalue weighted by Crippen LogP contribution is -2.49. The highest BCUT2D eigenvalue weighted by molar-refractivity contribution is 6.01. The molecule has 2 aromatic carbocycles. The number of hydrogen-bond donors (Lipinski definition) is 1. The van der Waals surface area contributed by atoms with E-state index in [0.717, 1.165) is 17.5 Å². The number of carbonyl (C=O) groups excluding carboxylic acids is 1. The molecule has 1 aliphatic heterocycles. The van der Waals surface area contributed by atoms with Crippen molar-refractivity contribution in [3.63, 3.8) is 0 Å². The van der Waals surface area contributed by atoms with Crippen molar-refractivity contribution >= 4 is 5.78 Å². The molecule has 0 amide bonds. The van der Waals surface area contributed by atoms with E-state index in [4.69, 9.17) is 0 Å². The van der Waals surface area contributed by atoms with Crippen molar-refractivity contribution in [3.8, 4) is 0 Å². The molecule has 1 aliphatic rings. The minimum Gasteiger partial charge on any atom is -0.298 e. The van der Waals surface area contributed by atoms with Crippen LogP contribution in [0.3, 0.4) is 0 Å². The molecule has 0 bridgehead atoms. The van der Waals surface area contributed by atoms with E-state index in [9.17, 15) is 4.79 Å². The molecule has 102 valence electrons. The van der Waals surface area contributed by atoms with E-state index < -0.39 is 0 Å². The quantitative estimate of drug-likeness (QED) is 0.842. The van der Waals surface area contributed by atoms with Crippen molar-refractivity contribution in [2.75, 3.05) is 0 Å². The lowest BCUT2D eigenvalue weighted by Gasteiger charge is -2.38. The van der Waals surface area contributed by atoms with Crippen molar-refractivity contribution in [1.82, 2.24) is 5.32 Å². The van der Waals surface area contributed by atoms with Crippen molar-refractivity contribution in [2.45, 2.75) is 31.8 Å². The number of carbonyl (C=O) groups is 1. The maximum atomic E-state index is 12.8. The fourth-order valence-electron chi connectivity index (χ4n) is 2.95.